The van der Waals surface area contributed by atoms with Crippen LogP contribution in [0.25, 0.3) is 11.6 Å². The summed E-state index contributed by atoms with van der Waals surface area (Å²) in [5.74, 6) is -3.11. The lowest BCUT2D eigenvalue weighted by molar-refractivity contribution is -0.142. The van der Waals surface area contributed by atoms with Gasteiger partial charge >= 0.3 is 6.18 Å². The molecular weight excluding hydrogens is 280 g/mol. The second-order valence-corrected chi connectivity index (χ2v) is 3.74. The smallest absolute Gasteiger partial charge is 0.426 e. The van der Waals surface area contributed by atoms with Gasteiger partial charge in [0.15, 0.2) is 11.4 Å². The molecule has 0 aliphatic carbocycles. The quantitative estimate of drug-likeness (QED) is 0.627. The van der Waals surface area contributed by atoms with Crippen molar-refractivity contribution in [2.45, 2.75) is 13.1 Å². The van der Waals surface area contributed by atoms with Crippen LogP contribution in [0, 0.1) is 12.9 Å². The first-order valence-corrected chi connectivity index (χ1v) is 5.31. The van der Waals surface area contributed by atoms with Crippen LogP contribution in [0.5, 0.6) is 5.88 Å². The van der Waals surface area contributed by atoms with Crippen LogP contribution in [-0.4, -0.2) is 27.0 Å². The second kappa shape index (κ2) is 4.99. The van der Waals surface area contributed by atoms with Gasteiger partial charge in [0.05, 0.1) is 7.11 Å². The Kier molecular flexibility index (Phi) is 3.51. The summed E-state index contributed by atoms with van der Waals surface area (Å²) < 4.78 is 56.0. The minimum atomic E-state index is -4.96. The summed E-state index contributed by atoms with van der Waals surface area (Å²) in [7, 11) is 0.956. The van der Waals surface area contributed by atoms with Gasteiger partial charge in [-0.05, 0) is 13.0 Å². The largest absolute Gasteiger partial charge is 0.480 e. The van der Waals surface area contributed by atoms with Gasteiger partial charge in [-0.3, -0.25) is 0 Å². The lowest BCUT2D eigenvalue weighted by atomic mass is 10.3. The summed E-state index contributed by atoms with van der Waals surface area (Å²) in [6.45, 7) is 1.64. The number of hydrogen-bond donors (Lipinski definition) is 0. The molecule has 2 heterocycles. The monoisotopic (exact) mass is 288 g/mol. The first kappa shape index (κ1) is 14.1. The minimum absolute atomic E-state index is 0.0871. The molecule has 0 aliphatic heterocycles. The number of hydrogen-bond acceptors (Lipinski definition) is 5. The standard InChI is InChI=1S/C11H8F4N4O/c1-5-3-4-16-8(17-5)9-18-7(12)6(11(13,14)15)10(19-9)20-2/h3-4H,1-2H3. The van der Waals surface area contributed by atoms with Crippen LogP contribution in [0.2, 0.25) is 0 Å². The number of methoxy groups -OCH3 is 1. The van der Waals surface area contributed by atoms with E-state index >= 15 is 0 Å². The van der Waals surface area contributed by atoms with Gasteiger partial charge in [0.1, 0.15) is 0 Å². The summed E-state index contributed by atoms with van der Waals surface area (Å²) in [5.41, 5.74) is -1.12. The fourth-order valence-corrected chi connectivity index (χ4v) is 1.46. The van der Waals surface area contributed by atoms with Crippen LogP contribution in [0.1, 0.15) is 11.3 Å². The molecule has 0 saturated carbocycles. The van der Waals surface area contributed by atoms with Crippen LogP contribution in [0.4, 0.5) is 17.6 Å². The highest BCUT2D eigenvalue weighted by atomic mass is 19.4. The first-order chi connectivity index (χ1) is 9.32. The Morgan fingerprint density at radius 1 is 1.10 bits per heavy atom. The Labute approximate surface area is 110 Å². The minimum Gasteiger partial charge on any atom is -0.480 e. The third-order valence-electron chi connectivity index (χ3n) is 2.30. The van der Waals surface area contributed by atoms with Gasteiger partial charge in [0.25, 0.3) is 0 Å². The maximum Gasteiger partial charge on any atom is 0.426 e. The van der Waals surface area contributed by atoms with Crippen molar-refractivity contribution in [3.63, 3.8) is 0 Å². The molecule has 2 aromatic heterocycles. The topological polar surface area (TPSA) is 60.8 Å². The molecule has 0 spiro atoms. The Morgan fingerprint density at radius 2 is 1.80 bits per heavy atom. The number of ether oxygens (including phenoxy) is 1. The Bertz CT molecular complexity index is 645. The van der Waals surface area contributed by atoms with Gasteiger partial charge < -0.3 is 4.74 Å². The molecular formula is C11H8F4N4O. The van der Waals surface area contributed by atoms with Crippen molar-refractivity contribution in [3.05, 3.63) is 29.5 Å². The highest BCUT2D eigenvalue weighted by Crippen LogP contribution is 2.37. The maximum absolute atomic E-state index is 13.6. The molecule has 2 rings (SSSR count). The van der Waals surface area contributed by atoms with E-state index in [1.54, 1.807) is 13.0 Å². The maximum atomic E-state index is 13.6. The molecule has 0 bridgehead atoms. The van der Waals surface area contributed by atoms with Crippen molar-refractivity contribution in [2.24, 2.45) is 0 Å². The van der Waals surface area contributed by atoms with Crippen LogP contribution >= 0.6 is 0 Å². The summed E-state index contributed by atoms with van der Waals surface area (Å²) in [5, 5.41) is 0. The van der Waals surface area contributed by atoms with E-state index in [4.69, 9.17) is 0 Å². The molecule has 0 atom stereocenters. The number of rotatable bonds is 2. The molecule has 5 nitrogen and oxygen atoms in total. The first-order valence-electron chi connectivity index (χ1n) is 5.31. The summed E-state index contributed by atoms with van der Waals surface area (Å²) >= 11 is 0. The van der Waals surface area contributed by atoms with Crippen molar-refractivity contribution < 1.29 is 22.3 Å². The van der Waals surface area contributed by atoms with Crippen molar-refractivity contribution in [1.29, 1.82) is 0 Å². The zero-order chi connectivity index (χ0) is 14.9. The van der Waals surface area contributed by atoms with E-state index in [1.807, 2.05) is 0 Å². The predicted molar refractivity (Wildman–Crippen MR) is 59.3 cm³/mol. The fraction of sp³-hybridized carbons (Fsp3) is 0.273. The average molecular weight is 288 g/mol. The highest BCUT2D eigenvalue weighted by Gasteiger charge is 2.40. The number of aryl methyl sites for hydroxylation is 1. The fourth-order valence-electron chi connectivity index (χ4n) is 1.46. The Morgan fingerprint density at radius 3 is 2.35 bits per heavy atom. The van der Waals surface area contributed by atoms with Gasteiger partial charge in [0.2, 0.25) is 17.7 Å². The third kappa shape index (κ3) is 2.65. The number of nitrogens with zero attached hydrogens (tertiary/aromatic N) is 4. The predicted octanol–water partition coefficient (Wildman–Crippen LogP) is 2.41. The molecule has 0 unspecified atom stereocenters. The molecule has 20 heavy (non-hydrogen) atoms. The second-order valence-electron chi connectivity index (χ2n) is 3.74. The van der Waals surface area contributed by atoms with Gasteiger partial charge in [-0.25, -0.2) is 9.97 Å². The van der Waals surface area contributed by atoms with Crippen molar-refractivity contribution in [1.82, 2.24) is 19.9 Å². The molecule has 0 radical (unpaired) electrons. The Hall–Kier alpha value is -2.32. The van der Waals surface area contributed by atoms with E-state index in [2.05, 4.69) is 24.7 Å². The number of halogens is 4. The van der Waals surface area contributed by atoms with E-state index in [0.717, 1.165) is 7.11 Å². The van der Waals surface area contributed by atoms with E-state index in [9.17, 15) is 17.6 Å². The zero-order valence-electron chi connectivity index (χ0n) is 10.4. The molecule has 0 N–H and O–H groups in total. The molecule has 2 aromatic rings. The number of alkyl halides is 3. The van der Waals surface area contributed by atoms with E-state index in [1.165, 1.54) is 6.20 Å². The zero-order valence-corrected chi connectivity index (χ0v) is 10.4. The normalized spacial score (nSPS) is 11.5. The van der Waals surface area contributed by atoms with Crippen molar-refractivity contribution >= 4 is 0 Å². The van der Waals surface area contributed by atoms with Gasteiger partial charge in [-0.15, -0.1) is 0 Å². The van der Waals surface area contributed by atoms with Gasteiger partial charge in [-0.1, -0.05) is 0 Å². The SMILES string of the molecule is COc1nc(-c2nccc(C)n2)nc(F)c1C(F)(F)F. The van der Waals surface area contributed by atoms with Crippen LogP contribution in [0.15, 0.2) is 12.3 Å². The lowest BCUT2D eigenvalue weighted by Gasteiger charge is -2.12. The van der Waals surface area contributed by atoms with Crippen LogP contribution < -0.4 is 4.74 Å². The lowest BCUT2D eigenvalue weighted by Crippen LogP contribution is -2.14. The van der Waals surface area contributed by atoms with Crippen molar-refractivity contribution in [3.8, 4) is 17.5 Å². The molecule has 0 aromatic carbocycles. The molecule has 9 heteroatoms. The number of aromatic nitrogens is 4. The van der Waals surface area contributed by atoms with Gasteiger partial charge in [-0.2, -0.15) is 27.5 Å². The van der Waals surface area contributed by atoms with Crippen LogP contribution in [0.3, 0.4) is 0 Å². The van der Waals surface area contributed by atoms with E-state index < -0.39 is 23.6 Å². The third-order valence-corrected chi connectivity index (χ3v) is 2.30. The summed E-state index contributed by atoms with van der Waals surface area (Å²) in [6.07, 6.45) is -3.59. The highest BCUT2D eigenvalue weighted by molar-refractivity contribution is 5.46. The Balaban J connectivity index is 2.62. The summed E-state index contributed by atoms with van der Waals surface area (Å²) in [4.78, 5) is 14.4. The van der Waals surface area contributed by atoms with Gasteiger partial charge in [0, 0.05) is 11.9 Å². The molecule has 0 amide bonds. The van der Waals surface area contributed by atoms with Crippen LogP contribution in [-0.2, 0) is 6.18 Å². The average Bonchev–Trinajstić information content (AvgIpc) is 2.36. The molecule has 0 fully saturated rings. The molecule has 0 aliphatic rings. The van der Waals surface area contributed by atoms with E-state index in [0.29, 0.717) is 5.69 Å². The molecule has 0 saturated heterocycles. The molecule has 106 valence electrons. The summed E-state index contributed by atoms with van der Waals surface area (Å²) in [6, 6.07) is 1.57. The van der Waals surface area contributed by atoms with Crippen molar-refractivity contribution in [2.75, 3.05) is 7.11 Å². The van der Waals surface area contributed by atoms with E-state index in [-0.39, 0.29) is 11.6 Å².